The molecule has 1 aromatic heterocycles. The topological polar surface area (TPSA) is 81.9 Å². The molecule has 0 bridgehead atoms. The quantitative estimate of drug-likeness (QED) is 0.280. The highest BCUT2D eigenvalue weighted by atomic mass is 35.5. The molecule has 6 heteroatoms. The van der Waals surface area contributed by atoms with E-state index in [1.807, 2.05) is 6.08 Å². The number of pyridine rings is 1. The second-order valence-corrected chi connectivity index (χ2v) is 3.05. The number of hydrogen-bond acceptors (Lipinski definition) is 3. The largest absolute Gasteiger partial charge is 0.505 e. The molecule has 1 rings (SSSR count). The van der Waals surface area contributed by atoms with Gasteiger partial charge in [0.05, 0.1) is 5.69 Å². The summed E-state index contributed by atoms with van der Waals surface area (Å²) in [4.78, 5) is 6.54. The monoisotopic (exact) mass is 224 g/mol. The summed E-state index contributed by atoms with van der Waals surface area (Å²) in [5.74, 6) is -0.0390. The summed E-state index contributed by atoms with van der Waals surface area (Å²) in [7, 11) is 0. The van der Waals surface area contributed by atoms with Crippen molar-refractivity contribution in [1.82, 2.24) is 4.98 Å². The number of azide groups is 1. The zero-order valence-electron chi connectivity index (χ0n) is 7.84. The molecule has 1 N–H and O–H groups in total. The van der Waals surface area contributed by atoms with E-state index in [0.29, 0.717) is 18.7 Å². The molecule has 0 unspecified atom stereocenters. The van der Waals surface area contributed by atoms with Crippen molar-refractivity contribution in [3.63, 3.8) is 0 Å². The molecule has 0 aromatic carbocycles. The van der Waals surface area contributed by atoms with Crippen molar-refractivity contribution in [3.8, 4) is 5.75 Å². The lowest BCUT2D eigenvalue weighted by molar-refractivity contribution is 0.473. The molecular weight excluding hydrogens is 216 g/mol. The Hall–Kier alpha value is -1.71. The van der Waals surface area contributed by atoms with Gasteiger partial charge in [0, 0.05) is 11.5 Å². The second kappa shape index (κ2) is 5.90. The summed E-state index contributed by atoms with van der Waals surface area (Å²) >= 11 is 5.61. The highest BCUT2D eigenvalue weighted by molar-refractivity contribution is 6.30. The Balaban J connectivity index is 2.56. The molecule has 78 valence electrons. The van der Waals surface area contributed by atoms with E-state index in [2.05, 4.69) is 15.0 Å². The third-order valence-corrected chi connectivity index (χ3v) is 1.88. The van der Waals surface area contributed by atoms with Crippen LogP contribution in [0, 0.1) is 0 Å². The van der Waals surface area contributed by atoms with Crippen LogP contribution in [0.5, 0.6) is 5.75 Å². The van der Waals surface area contributed by atoms with Gasteiger partial charge in [-0.2, -0.15) is 0 Å². The first-order valence-corrected chi connectivity index (χ1v) is 4.64. The number of nitrogens with zero attached hydrogens (tertiary/aromatic N) is 4. The fraction of sp³-hybridized carbons (Fsp3) is 0.222. The van der Waals surface area contributed by atoms with Crippen LogP contribution in [0.3, 0.4) is 0 Å². The van der Waals surface area contributed by atoms with Gasteiger partial charge in [-0.15, -0.1) is 0 Å². The van der Waals surface area contributed by atoms with Crippen LogP contribution in [0.15, 0.2) is 23.3 Å². The summed E-state index contributed by atoms with van der Waals surface area (Å²) < 4.78 is 0. The lowest BCUT2D eigenvalue weighted by Gasteiger charge is -1.96. The minimum absolute atomic E-state index is 0.0390. The van der Waals surface area contributed by atoms with E-state index in [9.17, 15) is 0 Å². The van der Waals surface area contributed by atoms with Crippen LogP contribution in [0.4, 0.5) is 0 Å². The van der Waals surface area contributed by atoms with Crippen molar-refractivity contribution in [3.05, 3.63) is 39.5 Å². The molecule has 5 nitrogen and oxygen atoms in total. The first-order chi connectivity index (χ1) is 7.24. The number of aromatic hydroxyl groups is 1. The fourth-order valence-electron chi connectivity index (χ4n) is 0.915. The van der Waals surface area contributed by atoms with Crippen molar-refractivity contribution in [1.29, 1.82) is 0 Å². The van der Waals surface area contributed by atoms with Gasteiger partial charge < -0.3 is 5.11 Å². The predicted octanol–water partition coefficient (Wildman–Crippen LogP) is 3.15. The molecule has 0 saturated carbocycles. The zero-order chi connectivity index (χ0) is 11.1. The molecular formula is C9H9ClN4O. The van der Waals surface area contributed by atoms with Gasteiger partial charge in [0.1, 0.15) is 0 Å². The molecule has 0 aliphatic rings. The SMILES string of the molecule is [N-]=[N+]=NCCC=Cc1ccc(O)c(Cl)n1. The van der Waals surface area contributed by atoms with Gasteiger partial charge in [-0.05, 0) is 30.2 Å². The van der Waals surface area contributed by atoms with Gasteiger partial charge in [0.25, 0.3) is 0 Å². The first-order valence-electron chi connectivity index (χ1n) is 4.27. The molecule has 0 atom stereocenters. The van der Waals surface area contributed by atoms with E-state index in [4.69, 9.17) is 22.2 Å². The van der Waals surface area contributed by atoms with E-state index >= 15 is 0 Å². The van der Waals surface area contributed by atoms with Gasteiger partial charge in [-0.25, -0.2) is 4.98 Å². The molecule has 0 spiro atoms. The van der Waals surface area contributed by atoms with Crippen LogP contribution in [0.25, 0.3) is 16.5 Å². The summed E-state index contributed by atoms with van der Waals surface area (Å²) in [6.45, 7) is 0.415. The Kier molecular flexibility index (Phi) is 4.47. The Bertz CT molecular complexity index is 413. The van der Waals surface area contributed by atoms with Gasteiger partial charge in [0.2, 0.25) is 0 Å². The van der Waals surface area contributed by atoms with E-state index < -0.39 is 0 Å². The Morgan fingerprint density at radius 1 is 1.60 bits per heavy atom. The first kappa shape index (κ1) is 11.4. The normalized spacial score (nSPS) is 10.2. The molecule has 15 heavy (non-hydrogen) atoms. The Labute approximate surface area is 91.7 Å². The maximum absolute atomic E-state index is 9.11. The van der Waals surface area contributed by atoms with Gasteiger partial charge in [0.15, 0.2) is 10.9 Å². The molecule has 0 aliphatic heterocycles. The van der Waals surface area contributed by atoms with Crippen LogP contribution in [-0.2, 0) is 0 Å². The molecule has 0 radical (unpaired) electrons. The van der Waals surface area contributed by atoms with Crippen molar-refractivity contribution in [2.75, 3.05) is 6.54 Å². The predicted molar refractivity (Wildman–Crippen MR) is 58.6 cm³/mol. The van der Waals surface area contributed by atoms with E-state index in [-0.39, 0.29) is 10.9 Å². The van der Waals surface area contributed by atoms with Crippen LogP contribution in [-0.4, -0.2) is 16.6 Å². The van der Waals surface area contributed by atoms with Crippen molar-refractivity contribution in [2.45, 2.75) is 6.42 Å². The van der Waals surface area contributed by atoms with Crippen LogP contribution in [0.1, 0.15) is 12.1 Å². The highest BCUT2D eigenvalue weighted by Crippen LogP contribution is 2.20. The van der Waals surface area contributed by atoms with Crippen LogP contribution >= 0.6 is 11.6 Å². The minimum Gasteiger partial charge on any atom is -0.505 e. The smallest absolute Gasteiger partial charge is 0.171 e. The standard InChI is InChI=1S/C9H9ClN4O/c10-9-8(15)5-4-7(13-9)3-1-2-6-12-14-11/h1,3-5,15H,2,6H2. The summed E-state index contributed by atoms with van der Waals surface area (Å²) in [6.07, 6.45) is 4.22. The summed E-state index contributed by atoms with van der Waals surface area (Å²) in [5.41, 5.74) is 8.68. The van der Waals surface area contributed by atoms with E-state index in [0.717, 1.165) is 0 Å². The zero-order valence-corrected chi connectivity index (χ0v) is 8.59. The van der Waals surface area contributed by atoms with Crippen molar-refractivity contribution in [2.24, 2.45) is 5.11 Å². The Morgan fingerprint density at radius 3 is 3.07 bits per heavy atom. The van der Waals surface area contributed by atoms with Crippen LogP contribution in [0.2, 0.25) is 5.15 Å². The third-order valence-electron chi connectivity index (χ3n) is 1.60. The summed E-state index contributed by atoms with van der Waals surface area (Å²) in [6, 6.07) is 3.12. The second-order valence-electron chi connectivity index (χ2n) is 2.69. The fourth-order valence-corrected chi connectivity index (χ4v) is 1.08. The average Bonchev–Trinajstić information content (AvgIpc) is 2.23. The number of hydrogen-bond donors (Lipinski definition) is 1. The maximum Gasteiger partial charge on any atom is 0.171 e. The van der Waals surface area contributed by atoms with E-state index in [1.165, 1.54) is 6.07 Å². The van der Waals surface area contributed by atoms with Crippen LogP contribution < -0.4 is 0 Å². The van der Waals surface area contributed by atoms with Crippen molar-refractivity contribution < 1.29 is 5.11 Å². The van der Waals surface area contributed by atoms with E-state index in [1.54, 1.807) is 12.1 Å². The molecule has 1 heterocycles. The number of aromatic nitrogens is 1. The third kappa shape index (κ3) is 3.89. The molecule has 0 fully saturated rings. The molecule has 0 aliphatic carbocycles. The molecule has 0 amide bonds. The average molecular weight is 225 g/mol. The van der Waals surface area contributed by atoms with Gasteiger partial charge in [-0.1, -0.05) is 22.8 Å². The van der Waals surface area contributed by atoms with Gasteiger partial charge in [-0.3, -0.25) is 0 Å². The highest BCUT2D eigenvalue weighted by Gasteiger charge is 1.98. The summed E-state index contributed by atoms with van der Waals surface area (Å²) in [5, 5.41) is 12.6. The molecule has 1 aromatic rings. The molecule has 0 saturated heterocycles. The number of halogens is 1. The lowest BCUT2D eigenvalue weighted by atomic mass is 10.3. The van der Waals surface area contributed by atoms with Crippen molar-refractivity contribution >= 4 is 17.7 Å². The Morgan fingerprint density at radius 2 is 2.40 bits per heavy atom. The lowest BCUT2D eigenvalue weighted by Crippen LogP contribution is -1.81. The van der Waals surface area contributed by atoms with Gasteiger partial charge >= 0.3 is 0 Å². The maximum atomic E-state index is 9.11. The number of rotatable bonds is 4. The minimum atomic E-state index is -0.0390.